The average Bonchev–Trinajstić information content (AvgIpc) is 1.64. The zero-order valence-corrected chi connectivity index (χ0v) is 6.82. The molecular weight excluding hydrogens is 114 g/mol. The second kappa shape index (κ2) is 3.85. The Labute approximate surface area is 57.6 Å². The van der Waals surface area contributed by atoms with E-state index < -0.39 is 0 Å². The SMILES string of the molecule is CCOC(C)(C)CNC. The van der Waals surface area contributed by atoms with Gasteiger partial charge in [-0.05, 0) is 27.8 Å². The molecule has 1 N–H and O–H groups in total. The summed E-state index contributed by atoms with van der Waals surface area (Å²) in [6, 6.07) is 0. The van der Waals surface area contributed by atoms with Gasteiger partial charge in [-0.2, -0.15) is 0 Å². The van der Waals surface area contributed by atoms with Crippen molar-refractivity contribution < 1.29 is 4.74 Å². The first-order valence-electron chi connectivity index (χ1n) is 3.41. The monoisotopic (exact) mass is 131 g/mol. The van der Waals surface area contributed by atoms with Crippen molar-refractivity contribution in [3.8, 4) is 0 Å². The van der Waals surface area contributed by atoms with E-state index in [4.69, 9.17) is 4.74 Å². The molecule has 0 radical (unpaired) electrons. The molecule has 0 amide bonds. The molecule has 0 aliphatic rings. The Morgan fingerprint density at radius 1 is 1.44 bits per heavy atom. The molecule has 0 aromatic rings. The highest BCUT2D eigenvalue weighted by atomic mass is 16.5. The zero-order valence-electron chi connectivity index (χ0n) is 6.82. The molecule has 0 aromatic heterocycles. The van der Waals surface area contributed by atoms with Crippen LogP contribution in [0.4, 0.5) is 0 Å². The van der Waals surface area contributed by atoms with Gasteiger partial charge >= 0.3 is 0 Å². The van der Waals surface area contributed by atoms with Crippen molar-refractivity contribution in [3.63, 3.8) is 0 Å². The lowest BCUT2D eigenvalue weighted by Gasteiger charge is -2.23. The third-order valence-corrected chi connectivity index (χ3v) is 1.14. The summed E-state index contributed by atoms with van der Waals surface area (Å²) >= 11 is 0. The standard InChI is InChI=1S/C7H17NO/c1-5-9-7(2,3)6-8-4/h8H,5-6H2,1-4H3. The smallest absolute Gasteiger partial charge is 0.0750 e. The molecule has 0 bridgehead atoms. The van der Waals surface area contributed by atoms with Gasteiger partial charge in [-0.1, -0.05) is 0 Å². The molecule has 0 spiro atoms. The van der Waals surface area contributed by atoms with Gasteiger partial charge in [-0.3, -0.25) is 0 Å². The largest absolute Gasteiger partial charge is 0.375 e. The quantitative estimate of drug-likeness (QED) is 0.615. The van der Waals surface area contributed by atoms with E-state index in [0.717, 1.165) is 13.2 Å². The van der Waals surface area contributed by atoms with Crippen LogP contribution in [-0.2, 0) is 4.74 Å². The van der Waals surface area contributed by atoms with Gasteiger partial charge in [0.15, 0.2) is 0 Å². The zero-order chi connectivity index (χ0) is 7.33. The van der Waals surface area contributed by atoms with E-state index in [1.165, 1.54) is 0 Å². The van der Waals surface area contributed by atoms with Gasteiger partial charge in [0.2, 0.25) is 0 Å². The van der Waals surface area contributed by atoms with Crippen LogP contribution in [0, 0.1) is 0 Å². The maximum absolute atomic E-state index is 5.41. The van der Waals surface area contributed by atoms with Gasteiger partial charge in [0.1, 0.15) is 0 Å². The molecule has 2 heteroatoms. The maximum atomic E-state index is 5.41. The summed E-state index contributed by atoms with van der Waals surface area (Å²) in [6.07, 6.45) is 0. The summed E-state index contributed by atoms with van der Waals surface area (Å²) in [6.45, 7) is 7.85. The molecule has 0 unspecified atom stereocenters. The number of nitrogens with one attached hydrogen (secondary N) is 1. The van der Waals surface area contributed by atoms with E-state index in [-0.39, 0.29) is 5.60 Å². The lowest BCUT2D eigenvalue weighted by atomic mass is 10.1. The predicted molar refractivity (Wildman–Crippen MR) is 39.6 cm³/mol. The lowest BCUT2D eigenvalue weighted by Crippen LogP contribution is -2.35. The normalized spacial score (nSPS) is 12.0. The van der Waals surface area contributed by atoms with E-state index in [2.05, 4.69) is 19.2 Å². The summed E-state index contributed by atoms with van der Waals surface area (Å²) in [5.41, 5.74) is -0.0104. The third-order valence-electron chi connectivity index (χ3n) is 1.14. The van der Waals surface area contributed by atoms with Crippen molar-refractivity contribution in [1.29, 1.82) is 0 Å². The van der Waals surface area contributed by atoms with Crippen LogP contribution in [0.3, 0.4) is 0 Å². The van der Waals surface area contributed by atoms with Crippen molar-refractivity contribution in [1.82, 2.24) is 5.32 Å². The topological polar surface area (TPSA) is 21.3 Å². The fourth-order valence-corrected chi connectivity index (χ4v) is 0.867. The second-order valence-corrected chi connectivity index (χ2v) is 2.72. The van der Waals surface area contributed by atoms with Gasteiger partial charge in [-0.25, -0.2) is 0 Å². The molecule has 0 saturated heterocycles. The molecule has 0 aliphatic carbocycles. The molecule has 0 heterocycles. The molecule has 0 rings (SSSR count). The molecule has 56 valence electrons. The van der Waals surface area contributed by atoms with Crippen LogP contribution >= 0.6 is 0 Å². The number of ether oxygens (including phenoxy) is 1. The van der Waals surface area contributed by atoms with Crippen molar-refractivity contribution in [2.45, 2.75) is 26.4 Å². The molecular formula is C7H17NO. The summed E-state index contributed by atoms with van der Waals surface area (Å²) in [4.78, 5) is 0. The summed E-state index contributed by atoms with van der Waals surface area (Å²) < 4.78 is 5.41. The maximum Gasteiger partial charge on any atom is 0.0750 e. The Bertz CT molecular complexity index is 63.3. The van der Waals surface area contributed by atoms with Crippen molar-refractivity contribution in [3.05, 3.63) is 0 Å². The Morgan fingerprint density at radius 3 is 2.33 bits per heavy atom. The van der Waals surface area contributed by atoms with E-state index in [0.29, 0.717) is 0 Å². The lowest BCUT2D eigenvalue weighted by molar-refractivity contribution is -0.00746. The average molecular weight is 131 g/mol. The first-order chi connectivity index (χ1) is 4.12. The van der Waals surface area contributed by atoms with Crippen LogP contribution in [0.15, 0.2) is 0 Å². The summed E-state index contributed by atoms with van der Waals surface area (Å²) in [5.74, 6) is 0. The van der Waals surface area contributed by atoms with E-state index in [1.54, 1.807) is 0 Å². The number of rotatable bonds is 4. The van der Waals surface area contributed by atoms with Crippen molar-refractivity contribution >= 4 is 0 Å². The van der Waals surface area contributed by atoms with Crippen molar-refractivity contribution in [2.75, 3.05) is 20.2 Å². The minimum Gasteiger partial charge on any atom is -0.375 e. The molecule has 0 aromatic carbocycles. The Morgan fingerprint density at radius 2 is 2.00 bits per heavy atom. The third kappa shape index (κ3) is 4.43. The van der Waals surface area contributed by atoms with Crippen LogP contribution in [0.2, 0.25) is 0 Å². The van der Waals surface area contributed by atoms with Crippen LogP contribution in [-0.4, -0.2) is 25.8 Å². The summed E-state index contributed by atoms with van der Waals surface area (Å²) in [7, 11) is 1.93. The number of hydrogen-bond acceptors (Lipinski definition) is 2. The number of likely N-dealkylation sites (N-methyl/N-ethyl adjacent to an activating group) is 1. The Balaban J connectivity index is 3.43. The van der Waals surface area contributed by atoms with Gasteiger partial charge in [0, 0.05) is 13.2 Å². The van der Waals surface area contributed by atoms with Gasteiger partial charge < -0.3 is 10.1 Å². The first-order valence-corrected chi connectivity index (χ1v) is 3.41. The van der Waals surface area contributed by atoms with Crippen LogP contribution in [0.1, 0.15) is 20.8 Å². The van der Waals surface area contributed by atoms with Gasteiger partial charge in [0.05, 0.1) is 5.60 Å². The highest BCUT2D eigenvalue weighted by Gasteiger charge is 2.14. The molecule has 0 fully saturated rings. The molecule has 0 aliphatic heterocycles. The number of hydrogen-bond donors (Lipinski definition) is 1. The molecule has 0 saturated carbocycles. The first kappa shape index (κ1) is 8.92. The van der Waals surface area contributed by atoms with E-state index in [9.17, 15) is 0 Å². The highest BCUT2D eigenvalue weighted by Crippen LogP contribution is 2.05. The highest BCUT2D eigenvalue weighted by molar-refractivity contribution is 4.69. The van der Waals surface area contributed by atoms with Gasteiger partial charge in [0.25, 0.3) is 0 Å². The summed E-state index contributed by atoms with van der Waals surface area (Å²) in [5, 5.41) is 3.07. The Hall–Kier alpha value is -0.0800. The second-order valence-electron chi connectivity index (χ2n) is 2.72. The van der Waals surface area contributed by atoms with Gasteiger partial charge in [-0.15, -0.1) is 0 Å². The van der Waals surface area contributed by atoms with E-state index in [1.807, 2.05) is 14.0 Å². The Kier molecular flexibility index (Phi) is 3.82. The fraction of sp³-hybridized carbons (Fsp3) is 1.00. The van der Waals surface area contributed by atoms with Crippen LogP contribution in [0.25, 0.3) is 0 Å². The van der Waals surface area contributed by atoms with Crippen LogP contribution in [0.5, 0.6) is 0 Å². The molecule has 0 atom stereocenters. The molecule has 9 heavy (non-hydrogen) atoms. The predicted octanol–water partition coefficient (Wildman–Crippen LogP) is 1.02. The minimum atomic E-state index is -0.0104. The minimum absolute atomic E-state index is 0.0104. The van der Waals surface area contributed by atoms with Crippen LogP contribution < -0.4 is 5.32 Å². The van der Waals surface area contributed by atoms with E-state index >= 15 is 0 Å². The fourth-order valence-electron chi connectivity index (χ4n) is 0.867. The molecule has 2 nitrogen and oxygen atoms in total. The van der Waals surface area contributed by atoms with Crippen molar-refractivity contribution in [2.24, 2.45) is 0 Å².